The third-order valence-corrected chi connectivity index (χ3v) is 4.43. The van der Waals surface area contributed by atoms with Crippen LogP contribution in [0.5, 0.6) is 5.75 Å². The van der Waals surface area contributed by atoms with Crippen molar-refractivity contribution in [1.29, 1.82) is 0 Å². The minimum absolute atomic E-state index is 0.0709. The fraction of sp³-hybridized carbons (Fsp3) is 0.625. The molecule has 2 N–H and O–H groups in total. The van der Waals surface area contributed by atoms with Gasteiger partial charge in [0.25, 0.3) is 0 Å². The van der Waals surface area contributed by atoms with E-state index in [2.05, 4.69) is 37.4 Å². The molecule has 1 heterocycles. The van der Waals surface area contributed by atoms with Crippen LogP contribution in [-0.2, 0) is 13.0 Å². The second kappa shape index (κ2) is 7.34. The number of nitrogens with one attached hydrogen (secondary N) is 1. The first kappa shape index (κ1) is 15.7. The van der Waals surface area contributed by atoms with Gasteiger partial charge < -0.3 is 15.2 Å². The van der Waals surface area contributed by atoms with Gasteiger partial charge in [-0.3, -0.25) is 0 Å². The number of ether oxygens (including phenoxy) is 1. The number of thioether (sulfide) groups is 1. The number of fused-ring (bicyclic) bond motifs is 1. The monoisotopic (exact) mass is 295 g/mol. The topological polar surface area (TPSA) is 41.5 Å². The highest BCUT2D eigenvalue weighted by Gasteiger charge is 2.31. The number of para-hydroxylation sites is 1. The van der Waals surface area contributed by atoms with E-state index in [4.69, 9.17) is 9.84 Å². The van der Waals surface area contributed by atoms with Crippen molar-refractivity contribution in [3.05, 3.63) is 29.3 Å². The molecule has 1 aliphatic rings. The Morgan fingerprint density at radius 2 is 2.20 bits per heavy atom. The Kier molecular flexibility index (Phi) is 5.75. The largest absolute Gasteiger partial charge is 0.487 e. The molecule has 0 radical (unpaired) electrons. The lowest BCUT2D eigenvalue weighted by atomic mass is 10.0. The van der Waals surface area contributed by atoms with Crippen LogP contribution in [-0.4, -0.2) is 35.4 Å². The summed E-state index contributed by atoms with van der Waals surface area (Å²) in [6.07, 6.45) is 1.88. The number of rotatable bonds is 8. The van der Waals surface area contributed by atoms with E-state index in [1.54, 1.807) is 0 Å². The predicted molar refractivity (Wildman–Crippen MR) is 85.6 cm³/mol. The molecule has 3 nitrogen and oxygen atoms in total. The van der Waals surface area contributed by atoms with E-state index in [9.17, 15) is 0 Å². The molecule has 20 heavy (non-hydrogen) atoms. The van der Waals surface area contributed by atoms with Crippen LogP contribution in [0, 0.1) is 0 Å². The van der Waals surface area contributed by atoms with E-state index in [0.29, 0.717) is 6.61 Å². The minimum Gasteiger partial charge on any atom is -0.487 e. The predicted octanol–water partition coefficient (Wildman–Crippen LogP) is 2.61. The lowest BCUT2D eigenvalue weighted by Gasteiger charge is -2.18. The second-order valence-corrected chi connectivity index (χ2v) is 7.03. The minimum atomic E-state index is -0.0709. The zero-order valence-electron chi connectivity index (χ0n) is 12.4. The number of hydrogen-bond acceptors (Lipinski definition) is 4. The van der Waals surface area contributed by atoms with Crippen LogP contribution in [0.2, 0.25) is 0 Å². The van der Waals surface area contributed by atoms with E-state index >= 15 is 0 Å². The summed E-state index contributed by atoms with van der Waals surface area (Å²) < 4.78 is 6.06. The highest BCUT2D eigenvalue weighted by Crippen LogP contribution is 2.37. The van der Waals surface area contributed by atoms with Crippen LogP contribution in [0.1, 0.15) is 31.4 Å². The molecular weight excluding hydrogens is 270 g/mol. The van der Waals surface area contributed by atoms with Gasteiger partial charge in [0, 0.05) is 37.4 Å². The van der Waals surface area contributed by atoms with E-state index < -0.39 is 0 Å². The maximum absolute atomic E-state index is 8.71. The Bertz CT molecular complexity index is 434. The summed E-state index contributed by atoms with van der Waals surface area (Å²) in [7, 11) is 0. The average Bonchev–Trinajstić information content (AvgIpc) is 2.72. The summed E-state index contributed by atoms with van der Waals surface area (Å²) in [5.74, 6) is 3.20. The third-order valence-electron chi connectivity index (χ3n) is 3.36. The van der Waals surface area contributed by atoms with Gasteiger partial charge in [0.15, 0.2) is 0 Å². The second-order valence-electron chi connectivity index (χ2n) is 5.81. The summed E-state index contributed by atoms with van der Waals surface area (Å²) in [4.78, 5) is 0. The molecule has 0 amide bonds. The Morgan fingerprint density at radius 1 is 1.35 bits per heavy atom. The summed E-state index contributed by atoms with van der Waals surface area (Å²) in [6, 6.07) is 6.43. The molecule has 0 saturated heterocycles. The Morgan fingerprint density at radius 3 is 3.00 bits per heavy atom. The van der Waals surface area contributed by atoms with Crippen molar-refractivity contribution < 1.29 is 9.84 Å². The van der Waals surface area contributed by atoms with Crippen molar-refractivity contribution in [1.82, 2.24) is 5.32 Å². The average molecular weight is 295 g/mol. The van der Waals surface area contributed by atoms with Crippen molar-refractivity contribution in [2.24, 2.45) is 0 Å². The van der Waals surface area contributed by atoms with Crippen LogP contribution in [0.3, 0.4) is 0 Å². The van der Waals surface area contributed by atoms with Gasteiger partial charge in [0.05, 0.1) is 0 Å². The van der Waals surface area contributed by atoms with Gasteiger partial charge in [-0.05, 0) is 31.6 Å². The Balaban J connectivity index is 1.76. The molecule has 0 aromatic heterocycles. The molecule has 0 aliphatic carbocycles. The van der Waals surface area contributed by atoms with Gasteiger partial charge in [-0.25, -0.2) is 0 Å². The van der Waals surface area contributed by atoms with Gasteiger partial charge in [0.1, 0.15) is 11.4 Å². The molecule has 0 bridgehead atoms. The van der Waals surface area contributed by atoms with Crippen molar-refractivity contribution in [2.75, 3.05) is 24.7 Å². The molecule has 4 heteroatoms. The molecule has 112 valence electrons. The molecule has 0 spiro atoms. The molecule has 1 aromatic rings. The summed E-state index contributed by atoms with van der Waals surface area (Å²) >= 11 is 1.88. The van der Waals surface area contributed by atoms with Gasteiger partial charge in [0.2, 0.25) is 0 Å². The van der Waals surface area contributed by atoms with Gasteiger partial charge >= 0.3 is 0 Å². The van der Waals surface area contributed by atoms with Crippen LogP contribution in [0.25, 0.3) is 0 Å². The summed E-state index contributed by atoms with van der Waals surface area (Å²) in [5.41, 5.74) is 2.51. The Hall–Kier alpha value is -0.710. The lowest BCUT2D eigenvalue weighted by Crippen LogP contribution is -2.25. The molecule has 2 rings (SSSR count). The number of benzene rings is 1. The smallest absolute Gasteiger partial charge is 0.127 e. The highest BCUT2D eigenvalue weighted by molar-refractivity contribution is 7.99. The van der Waals surface area contributed by atoms with Gasteiger partial charge in [-0.2, -0.15) is 11.8 Å². The first-order valence-electron chi connectivity index (χ1n) is 7.31. The molecule has 1 aliphatic heterocycles. The zero-order chi connectivity index (χ0) is 14.4. The first-order valence-corrected chi connectivity index (χ1v) is 8.47. The van der Waals surface area contributed by atoms with Crippen molar-refractivity contribution in [2.45, 2.75) is 38.8 Å². The number of aliphatic hydroxyl groups excluding tert-OH is 1. The fourth-order valence-electron chi connectivity index (χ4n) is 2.45. The highest BCUT2D eigenvalue weighted by atomic mass is 32.2. The first-order chi connectivity index (χ1) is 9.62. The van der Waals surface area contributed by atoms with E-state index in [-0.39, 0.29) is 5.60 Å². The maximum Gasteiger partial charge on any atom is 0.127 e. The lowest BCUT2D eigenvalue weighted by molar-refractivity contribution is 0.137. The van der Waals surface area contributed by atoms with E-state index in [1.165, 1.54) is 11.1 Å². The van der Waals surface area contributed by atoms with Crippen molar-refractivity contribution in [3.8, 4) is 5.75 Å². The van der Waals surface area contributed by atoms with Crippen LogP contribution < -0.4 is 10.1 Å². The summed E-state index contributed by atoms with van der Waals surface area (Å²) in [5, 5.41) is 12.2. The zero-order valence-corrected chi connectivity index (χ0v) is 13.3. The van der Waals surface area contributed by atoms with Crippen LogP contribution >= 0.6 is 11.8 Å². The number of hydrogen-bond donors (Lipinski definition) is 2. The maximum atomic E-state index is 8.71. The van der Waals surface area contributed by atoms with Crippen molar-refractivity contribution >= 4 is 11.8 Å². The molecule has 0 unspecified atom stereocenters. The summed E-state index contributed by atoms with van der Waals surface area (Å²) in [6.45, 7) is 6.43. The van der Waals surface area contributed by atoms with Crippen LogP contribution in [0.4, 0.5) is 0 Å². The molecule has 0 saturated carbocycles. The van der Waals surface area contributed by atoms with Crippen LogP contribution in [0.15, 0.2) is 18.2 Å². The molecule has 1 aromatic carbocycles. The quantitative estimate of drug-likeness (QED) is 0.723. The fourth-order valence-corrected chi connectivity index (χ4v) is 3.28. The van der Waals surface area contributed by atoms with E-state index in [1.807, 2.05) is 11.8 Å². The number of aliphatic hydroxyl groups is 1. The normalized spacial score (nSPS) is 15.9. The Labute approximate surface area is 126 Å². The van der Waals surface area contributed by atoms with Gasteiger partial charge in [-0.15, -0.1) is 0 Å². The SMILES string of the molecule is CC1(C)Cc2cccc(CNCCSCCCO)c2O1. The molecule has 0 fully saturated rings. The van der Waals surface area contributed by atoms with E-state index in [0.717, 1.165) is 43.2 Å². The van der Waals surface area contributed by atoms with Crippen molar-refractivity contribution in [3.63, 3.8) is 0 Å². The third kappa shape index (κ3) is 4.40. The molecule has 0 atom stereocenters. The van der Waals surface area contributed by atoms with Gasteiger partial charge in [-0.1, -0.05) is 18.2 Å². The standard InChI is InChI=1S/C16H25NO2S/c1-16(2)11-13-5-3-6-14(15(13)19-16)12-17-7-10-20-9-4-8-18/h3,5-6,17-18H,4,7-12H2,1-2H3. The molecular formula is C16H25NO2S.